The molecule has 8 heteroatoms. The van der Waals surface area contributed by atoms with Crippen LogP contribution in [0.25, 0.3) is 0 Å². The van der Waals surface area contributed by atoms with E-state index < -0.39 is 12.1 Å². The number of ether oxygens (including phenoxy) is 1. The van der Waals surface area contributed by atoms with Crippen LogP contribution in [0.15, 0.2) is 36.9 Å². The number of likely N-dealkylation sites (N-methyl/N-ethyl adjacent to an activating group) is 1. The van der Waals surface area contributed by atoms with Gasteiger partial charge in [0.1, 0.15) is 12.4 Å². The van der Waals surface area contributed by atoms with E-state index in [0.717, 1.165) is 17.9 Å². The molecule has 0 radical (unpaired) electrons. The Balaban J connectivity index is 1.77. The number of nitrogens with one attached hydrogen (secondary N) is 1. The lowest BCUT2D eigenvalue weighted by atomic mass is 10.0. The zero-order chi connectivity index (χ0) is 17.8. The molecule has 3 heterocycles. The van der Waals surface area contributed by atoms with Crippen molar-refractivity contribution in [2.45, 2.75) is 32.2 Å². The zero-order valence-electron chi connectivity index (χ0n) is 14.3. The number of pyridine rings is 1. The van der Waals surface area contributed by atoms with E-state index in [1.165, 1.54) is 0 Å². The molecule has 0 aromatic carbocycles. The molecule has 0 spiro atoms. The first-order chi connectivity index (χ1) is 12.1. The van der Waals surface area contributed by atoms with E-state index in [0.29, 0.717) is 6.54 Å². The molecule has 2 aromatic heterocycles. The van der Waals surface area contributed by atoms with Gasteiger partial charge in [-0.3, -0.25) is 14.6 Å². The first kappa shape index (κ1) is 17.1. The molecule has 1 N–H and O–H groups in total. The lowest BCUT2D eigenvalue weighted by Gasteiger charge is -2.33. The van der Waals surface area contributed by atoms with Crippen molar-refractivity contribution >= 4 is 11.8 Å². The Bertz CT molecular complexity index is 746. The predicted octanol–water partition coefficient (Wildman–Crippen LogP) is 0.513. The molecular weight excluding hydrogens is 322 g/mol. The van der Waals surface area contributed by atoms with Crippen molar-refractivity contribution in [3.8, 4) is 0 Å². The van der Waals surface area contributed by atoms with Crippen LogP contribution >= 0.6 is 0 Å². The summed E-state index contributed by atoms with van der Waals surface area (Å²) in [7, 11) is 1.71. The average Bonchev–Trinajstić information content (AvgIpc) is 3.09. The van der Waals surface area contributed by atoms with Crippen LogP contribution in [0, 0.1) is 0 Å². The van der Waals surface area contributed by atoms with Crippen molar-refractivity contribution in [2.24, 2.45) is 0 Å². The lowest BCUT2D eigenvalue weighted by Crippen LogP contribution is -2.52. The normalized spacial score (nSPS) is 20.2. The fourth-order valence-electron chi connectivity index (χ4n) is 2.87. The maximum atomic E-state index is 12.9. The molecule has 1 aliphatic rings. The third-order valence-electron chi connectivity index (χ3n) is 4.20. The van der Waals surface area contributed by atoms with Crippen LogP contribution in [0.3, 0.4) is 0 Å². The monoisotopic (exact) mass is 343 g/mol. The van der Waals surface area contributed by atoms with E-state index in [1.807, 2.05) is 23.8 Å². The molecule has 132 valence electrons. The van der Waals surface area contributed by atoms with E-state index in [4.69, 9.17) is 4.74 Å². The second kappa shape index (κ2) is 7.43. The van der Waals surface area contributed by atoms with E-state index in [9.17, 15) is 9.59 Å². The van der Waals surface area contributed by atoms with Gasteiger partial charge in [-0.15, -0.1) is 0 Å². The van der Waals surface area contributed by atoms with Gasteiger partial charge in [0.2, 0.25) is 5.91 Å². The van der Waals surface area contributed by atoms with Crippen molar-refractivity contribution in [1.29, 1.82) is 0 Å². The molecule has 2 amide bonds. The van der Waals surface area contributed by atoms with Crippen LogP contribution in [-0.2, 0) is 27.4 Å². The Kier molecular flexibility index (Phi) is 5.08. The fourth-order valence-corrected chi connectivity index (χ4v) is 2.87. The molecular formula is C17H21N5O3. The summed E-state index contributed by atoms with van der Waals surface area (Å²) in [5, 5.41) is 2.83. The van der Waals surface area contributed by atoms with Gasteiger partial charge in [-0.25, -0.2) is 4.98 Å². The highest BCUT2D eigenvalue weighted by Crippen LogP contribution is 2.23. The number of hydrogen-bond donors (Lipinski definition) is 1. The predicted molar refractivity (Wildman–Crippen MR) is 89.2 cm³/mol. The van der Waals surface area contributed by atoms with Crippen molar-refractivity contribution in [3.63, 3.8) is 0 Å². The summed E-state index contributed by atoms with van der Waals surface area (Å²) in [5.74, 6) is 0.345. The molecule has 1 saturated heterocycles. The molecule has 0 bridgehead atoms. The van der Waals surface area contributed by atoms with Gasteiger partial charge >= 0.3 is 0 Å². The van der Waals surface area contributed by atoms with Crippen LogP contribution < -0.4 is 5.32 Å². The minimum absolute atomic E-state index is 0.134. The van der Waals surface area contributed by atoms with Gasteiger partial charge in [0.15, 0.2) is 6.10 Å². The fraction of sp³-hybridized carbons (Fsp3) is 0.412. The molecule has 3 rings (SSSR count). The standard InChI is InChI=1S/C17H21N5O3/c1-3-22-8-7-19-13(22)10-21(2)17(24)16-15(20-14(23)11-25-16)12-5-4-6-18-9-12/h4-9,15-16H,3,10-11H2,1-2H3,(H,20,23)/t15-,16+/m1/s1. The Hall–Kier alpha value is -2.74. The van der Waals surface area contributed by atoms with Gasteiger partial charge in [-0.05, 0) is 18.6 Å². The van der Waals surface area contributed by atoms with Crippen molar-refractivity contribution in [3.05, 3.63) is 48.3 Å². The minimum Gasteiger partial charge on any atom is -0.356 e. The summed E-state index contributed by atoms with van der Waals surface area (Å²) < 4.78 is 7.54. The Morgan fingerprint density at radius 1 is 1.48 bits per heavy atom. The highest BCUT2D eigenvalue weighted by atomic mass is 16.5. The van der Waals surface area contributed by atoms with Crippen LogP contribution in [0.4, 0.5) is 0 Å². The molecule has 2 atom stereocenters. The van der Waals surface area contributed by atoms with Crippen LogP contribution in [0.1, 0.15) is 24.4 Å². The summed E-state index contributed by atoms with van der Waals surface area (Å²) >= 11 is 0. The molecule has 0 saturated carbocycles. The first-order valence-corrected chi connectivity index (χ1v) is 8.16. The number of imidazole rings is 1. The van der Waals surface area contributed by atoms with E-state index >= 15 is 0 Å². The average molecular weight is 343 g/mol. The van der Waals surface area contributed by atoms with Crippen molar-refractivity contribution in [1.82, 2.24) is 24.8 Å². The number of aromatic nitrogens is 3. The maximum absolute atomic E-state index is 12.9. The van der Waals surface area contributed by atoms with E-state index in [1.54, 1.807) is 36.6 Å². The van der Waals surface area contributed by atoms with Gasteiger partial charge in [0.25, 0.3) is 5.91 Å². The Morgan fingerprint density at radius 2 is 2.32 bits per heavy atom. The Labute approximate surface area is 145 Å². The number of carbonyl (C=O) groups excluding carboxylic acids is 2. The second-order valence-corrected chi connectivity index (χ2v) is 5.89. The van der Waals surface area contributed by atoms with Crippen molar-refractivity contribution < 1.29 is 14.3 Å². The van der Waals surface area contributed by atoms with Gasteiger partial charge < -0.3 is 19.5 Å². The largest absolute Gasteiger partial charge is 0.356 e. The molecule has 0 aliphatic carbocycles. The molecule has 8 nitrogen and oxygen atoms in total. The number of carbonyl (C=O) groups is 2. The summed E-state index contributed by atoms with van der Waals surface area (Å²) in [4.78, 5) is 34.6. The number of rotatable bonds is 5. The van der Waals surface area contributed by atoms with Crippen LogP contribution in [-0.4, -0.2) is 51.0 Å². The summed E-state index contributed by atoms with van der Waals surface area (Å²) in [6.07, 6.45) is 6.07. The van der Waals surface area contributed by atoms with Gasteiger partial charge in [-0.1, -0.05) is 6.07 Å². The third kappa shape index (κ3) is 3.69. The SMILES string of the molecule is CCn1ccnc1CN(C)C(=O)[C@H]1OCC(=O)N[C@@H]1c1cccnc1. The van der Waals surface area contributed by atoms with Gasteiger partial charge in [0, 0.05) is 38.4 Å². The highest BCUT2D eigenvalue weighted by molar-refractivity contribution is 5.86. The maximum Gasteiger partial charge on any atom is 0.254 e. The van der Waals surface area contributed by atoms with Crippen molar-refractivity contribution in [2.75, 3.05) is 13.7 Å². The number of hydrogen-bond acceptors (Lipinski definition) is 5. The highest BCUT2D eigenvalue weighted by Gasteiger charge is 2.37. The number of aryl methyl sites for hydroxylation is 1. The van der Waals surface area contributed by atoms with Crippen LogP contribution in [0.5, 0.6) is 0 Å². The van der Waals surface area contributed by atoms with Crippen LogP contribution in [0.2, 0.25) is 0 Å². The topological polar surface area (TPSA) is 89.4 Å². The number of amides is 2. The van der Waals surface area contributed by atoms with Gasteiger partial charge in [-0.2, -0.15) is 0 Å². The first-order valence-electron chi connectivity index (χ1n) is 8.16. The minimum atomic E-state index is -0.795. The number of nitrogens with zero attached hydrogens (tertiary/aromatic N) is 4. The molecule has 1 fully saturated rings. The Morgan fingerprint density at radius 3 is 3.04 bits per heavy atom. The van der Waals surface area contributed by atoms with Gasteiger partial charge in [0.05, 0.1) is 12.6 Å². The number of morpholine rings is 1. The molecule has 25 heavy (non-hydrogen) atoms. The second-order valence-electron chi connectivity index (χ2n) is 5.89. The lowest BCUT2D eigenvalue weighted by molar-refractivity contribution is -0.154. The molecule has 2 aromatic rings. The van der Waals surface area contributed by atoms with E-state index in [2.05, 4.69) is 15.3 Å². The summed E-state index contributed by atoms with van der Waals surface area (Å²) in [6, 6.07) is 3.02. The van der Waals surface area contributed by atoms with E-state index in [-0.39, 0.29) is 18.4 Å². The summed E-state index contributed by atoms with van der Waals surface area (Å²) in [6.45, 7) is 3.04. The zero-order valence-corrected chi connectivity index (χ0v) is 14.3. The third-order valence-corrected chi connectivity index (χ3v) is 4.20. The smallest absolute Gasteiger partial charge is 0.254 e. The molecule has 0 unspecified atom stereocenters. The molecule has 1 aliphatic heterocycles. The quantitative estimate of drug-likeness (QED) is 0.854. The summed E-state index contributed by atoms with van der Waals surface area (Å²) in [5.41, 5.74) is 0.734.